The maximum atomic E-state index is 12.7. The molecule has 1 aromatic heterocycles. The van der Waals surface area contributed by atoms with Crippen LogP contribution in [0.1, 0.15) is 44.6 Å². The van der Waals surface area contributed by atoms with Crippen LogP contribution >= 0.6 is 0 Å². The normalized spacial score (nSPS) is 10.6. The lowest BCUT2D eigenvalue weighted by molar-refractivity contribution is -0.131. The number of carbonyl (C=O) groups excluding carboxylic acids is 3. The Balaban J connectivity index is 1.36. The molecule has 2 amide bonds. The van der Waals surface area contributed by atoms with Gasteiger partial charge in [0, 0.05) is 30.3 Å². The molecule has 0 spiro atoms. The van der Waals surface area contributed by atoms with Gasteiger partial charge in [0.05, 0.1) is 22.4 Å². The topological polar surface area (TPSA) is 110 Å². The first-order valence-electron chi connectivity index (χ1n) is 11.0. The lowest BCUT2D eigenvalue weighted by atomic mass is 10.1. The molecule has 176 valence electrons. The minimum atomic E-state index is -0.450. The summed E-state index contributed by atoms with van der Waals surface area (Å²) in [5.41, 5.74) is 5.47. The van der Waals surface area contributed by atoms with Crippen LogP contribution in [0.4, 0.5) is 5.69 Å². The lowest BCUT2D eigenvalue weighted by Crippen LogP contribution is -2.22. The smallest absolute Gasteiger partial charge is 0.308 e. The number of nitrogens with zero attached hydrogens (tertiary/aromatic N) is 2. The zero-order valence-corrected chi connectivity index (χ0v) is 19.6. The van der Waals surface area contributed by atoms with Crippen molar-refractivity contribution in [2.24, 2.45) is 0 Å². The molecule has 4 rings (SSSR count). The first-order valence-corrected chi connectivity index (χ1v) is 11.0. The van der Waals surface area contributed by atoms with Gasteiger partial charge >= 0.3 is 5.97 Å². The monoisotopic (exact) mass is 468 g/mol. The van der Waals surface area contributed by atoms with Crippen LogP contribution in [0.25, 0.3) is 11.0 Å². The number of amides is 2. The van der Waals surface area contributed by atoms with Gasteiger partial charge in [-0.2, -0.15) is 0 Å². The number of hydrogen-bond donors (Lipinski definition) is 2. The highest BCUT2D eigenvalue weighted by Crippen LogP contribution is 2.17. The third-order valence-corrected chi connectivity index (χ3v) is 5.36. The quantitative estimate of drug-likeness (QED) is 0.321. The van der Waals surface area contributed by atoms with Crippen molar-refractivity contribution in [1.82, 2.24) is 15.3 Å². The number of fused-ring (bicyclic) bond motifs is 1. The second-order valence-electron chi connectivity index (χ2n) is 8.05. The minimum absolute atomic E-state index is 0.249. The van der Waals surface area contributed by atoms with Crippen LogP contribution in [-0.4, -0.2) is 27.8 Å². The molecular formula is C27H24N4O4. The second-order valence-corrected chi connectivity index (χ2v) is 8.05. The van der Waals surface area contributed by atoms with E-state index in [1.165, 1.54) is 13.0 Å². The number of aryl methyl sites for hydroxylation is 2. The van der Waals surface area contributed by atoms with Gasteiger partial charge in [-0.15, -0.1) is 0 Å². The molecule has 0 saturated carbocycles. The summed E-state index contributed by atoms with van der Waals surface area (Å²) in [5.74, 6) is -0.676. The zero-order chi connectivity index (χ0) is 24.9. The van der Waals surface area contributed by atoms with E-state index in [9.17, 15) is 14.4 Å². The van der Waals surface area contributed by atoms with E-state index in [0.29, 0.717) is 34.6 Å². The van der Waals surface area contributed by atoms with Gasteiger partial charge in [-0.05, 0) is 67.9 Å². The van der Waals surface area contributed by atoms with E-state index in [2.05, 4.69) is 20.6 Å². The van der Waals surface area contributed by atoms with Crippen molar-refractivity contribution in [2.75, 3.05) is 5.32 Å². The first kappa shape index (κ1) is 23.6. The average molecular weight is 469 g/mol. The van der Waals surface area contributed by atoms with Crippen molar-refractivity contribution in [3.05, 3.63) is 94.8 Å². The van der Waals surface area contributed by atoms with E-state index in [1.54, 1.807) is 48.5 Å². The highest BCUT2D eigenvalue weighted by molar-refractivity contribution is 6.05. The molecule has 3 aromatic carbocycles. The third-order valence-electron chi connectivity index (χ3n) is 5.36. The molecule has 1 heterocycles. The molecule has 0 aliphatic carbocycles. The summed E-state index contributed by atoms with van der Waals surface area (Å²) < 4.78 is 5.02. The van der Waals surface area contributed by atoms with Crippen molar-refractivity contribution >= 4 is 34.5 Å². The van der Waals surface area contributed by atoms with Gasteiger partial charge in [-0.3, -0.25) is 14.4 Å². The van der Waals surface area contributed by atoms with Crippen LogP contribution in [0.5, 0.6) is 5.75 Å². The molecule has 0 fully saturated rings. The molecule has 0 radical (unpaired) electrons. The van der Waals surface area contributed by atoms with Crippen molar-refractivity contribution in [3.8, 4) is 5.75 Å². The Hall–Kier alpha value is -4.59. The van der Waals surface area contributed by atoms with Crippen molar-refractivity contribution in [2.45, 2.75) is 27.3 Å². The van der Waals surface area contributed by atoms with Gasteiger partial charge in [0.1, 0.15) is 5.75 Å². The second kappa shape index (κ2) is 10.1. The summed E-state index contributed by atoms with van der Waals surface area (Å²) in [6, 6.07) is 18.8. The fraction of sp³-hybridized carbons (Fsp3) is 0.148. The van der Waals surface area contributed by atoms with Crippen LogP contribution < -0.4 is 15.4 Å². The van der Waals surface area contributed by atoms with Crippen LogP contribution in [0.3, 0.4) is 0 Å². The molecule has 4 aromatic rings. The summed E-state index contributed by atoms with van der Waals surface area (Å²) in [6.45, 7) is 5.39. The first-order chi connectivity index (χ1) is 16.8. The average Bonchev–Trinajstić information content (AvgIpc) is 2.83. The van der Waals surface area contributed by atoms with Crippen molar-refractivity contribution in [3.63, 3.8) is 0 Å². The fourth-order valence-electron chi connectivity index (χ4n) is 3.43. The maximum absolute atomic E-state index is 12.7. The Morgan fingerprint density at radius 1 is 0.800 bits per heavy atom. The summed E-state index contributed by atoms with van der Waals surface area (Å²) in [4.78, 5) is 45.3. The summed E-state index contributed by atoms with van der Waals surface area (Å²) >= 11 is 0. The van der Waals surface area contributed by atoms with E-state index >= 15 is 0 Å². The summed E-state index contributed by atoms with van der Waals surface area (Å²) in [5, 5.41) is 5.70. The van der Waals surface area contributed by atoms with E-state index < -0.39 is 5.97 Å². The standard InChI is InChI=1S/C27H24N4O4/c1-16-17(2)30-25-14-21(9-12-24(25)29-16)27(34)31-22-10-7-19(8-11-22)15-28-26(33)20-5-4-6-23(13-20)35-18(3)32/h4-14H,15H2,1-3H3,(H,28,33)(H,31,34). The number of hydrogen-bond acceptors (Lipinski definition) is 6. The van der Waals surface area contributed by atoms with E-state index in [0.717, 1.165) is 22.5 Å². The van der Waals surface area contributed by atoms with Crippen LogP contribution in [0, 0.1) is 13.8 Å². The highest BCUT2D eigenvalue weighted by atomic mass is 16.5. The molecule has 0 atom stereocenters. The largest absolute Gasteiger partial charge is 0.427 e. The van der Waals surface area contributed by atoms with E-state index in [-0.39, 0.29) is 11.8 Å². The Morgan fingerprint density at radius 3 is 2.20 bits per heavy atom. The highest BCUT2D eigenvalue weighted by Gasteiger charge is 2.11. The fourth-order valence-corrected chi connectivity index (χ4v) is 3.43. The Labute approximate surface area is 202 Å². The minimum Gasteiger partial charge on any atom is -0.427 e. The molecule has 0 bridgehead atoms. The van der Waals surface area contributed by atoms with Gasteiger partial charge in [0.2, 0.25) is 0 Å². The van der Waals surface area contributed by atoms with Gasteiger partial charge in [-0.25, -0.2) is 9.97 Å². The Kier molecular flexibility index (Phi) is 6.82. The van der Waals surface area contributed by atoms with Gasteiger partial charge < -0.3 is 15.4 Å². The summed E-state index contributed by atoms with van der Waals surface area (Å²) in [7, 11) is 0. The van der Waals surface area contributed by atoms with Gasteiger partial charge in [-0.1, -0.05) is 18.2 Å². The zero-order valence-electron chi connectivity index (χ0n) is 19.6. The Morgan fingerprint density at radius 2 is 1.49 bits per heavy atom. The van der Waals surface area contributed by atoms with Crippen molar-refractivity contribution < 1.29 is 19.1 Å². The third kappa shape index (κ3) is 5.86. The molecule has 0 unspecified atom stereocenters. The number of anilines is 1. The van der Waals surface area contributed by atoms with E-state index in [1.807, 2.05) is 26.0 Å². The molecule has 35 heavy (non-hydrogen) atoms. The number of aromatic nitrogens is 2. The predicted molar refractivity (Wildman–Crippen MR) is 132 cm³/mol. The molecule has 8 nitrogen and oxygen atoms in total. The predicted octanol–water partition coefficient (Wildman–Crippen LogP) is 4.35. The molecular weight excluding hydrogens is 444 g/mol. The molecule has 0 aliphatic heterocycles. The van der Waals surface area contributed by atoms with Gasteiger partial charge in [0.15, 0.2) is 0 Å². The molecule has 8 heteroatoms. The number of nitrogens with one attached hydrogen (secondary N) is 2. The SMILES string of the molecule is CC(=O)Oc1cccc(C(=O)NCc2ccc(NC(=O)c3ccc4nc(C)c(C)nc4c3)cc2)c1. The molecule has 2 N–H and O–H groups in total. The number of esters is 1. The number of carbonyl (C=O) groups is 3. The van der Waals surface area contributed by atoms with Crippen LogP contribution in [0.2, 0.25) is 0 Å². The van der Waals surface area contributed by atoms with Crippen LogP contribution in [0.15, 0.2) is 66.7 Å². The van der Waals surface area contributed by atoms with E-state index in [4.69, 9.17) is 4.74 Å². The number of benzene rings is 3. The molecule has 0 aliphatic rings. The lowest BCUT2D eigenvalue weighted by Gasteiger charge is -2.09. The number of rotatable bonds is 6. The molecule has 0 saturated heterocycles. The summed E-state index contributed by atoms with van der Waals surface area (Å²) in [6.07, 6.45) is 0. The number of ether oxygens (including phenoxy) is 1. The Bertz CT molecular complexity index is 1430. The van der Waals surface area contributed by atoms with Crippen LogP contribution in [-0.2, 0) is 11.3 Å². The maximum Gasteiger partial charge on any atom is 0.308 e. The van der Waals surface area contributed by atoms with Gasteiger partial charge in [0.25, 0.3) is 11.8 Å². The van der Waals surface area contributed by atoms with Crippen molar-refractivity contribution in [1.29, 1.82) is 0 Å².